The molecule has 10 heavy (non-hydrogen) atoms. The molecule has 1 N–H and O–H groups in total. The van der Waals surface area contributed by atoms with Gasteiger partial charge in [-0.25, -0.2) is 0 Å². The summed E-state index contributed by atoms with van der Waals surface area (Å²) in [4.78, 5) is 0. The third-order valence-electron chi connectivity index (χ3n) is 1.55. The van der Waals surface area contributed by atoms with Gasteiger partial charge in [0.05, 0.1) is 0 Å². The predicted octanol–water partition coefficient (Wildman–Crippen LogP) is 1.43. The highest BCUT2D eigenvalue weighted by molar-refractivity contribution is 4.45. The van der Waals surface area contributed by atoms with Crippen LogP contribution in [-0.2, 0) is 4.74 Å². The summed E-state index contributed by atoms with van der Waals surface area (Å²) < 4.78 is 5.27. The van der Waals surface area contributed by atoms with E-state index in [4.69, 9.17) is 9.84 Å². The van der Waals surface area contributed by atoms with Crippen LogP contribution in [0.15, 0.2) is 0 Å². The van der Waals surface area contributed by atoms with Crippen LogP contribution in [0.5, 0.6) is 0 Å². The van der Waals surface area contributed by atoms with Gasteiger partial charge in [0, 0.05) is 19.8 Å². The highest BCUT2D eigenvalue weighted by atomic mass is 16.5. The molecule has 0 fully saturated rings. The topological polar surface area (TPSA) is 29.5 Å². The molecule has 0 aliphatic heterocycles. The number of ether oxygens (including phenoxy) is 1. The van der Waals surface area contributed by atoms with E-state index in [0.29, 0.717) is 12.5 Å². The van der Waals surface area contributed by atoms with E-state index in [0.717, 1.165) is 13.0 Å². The number of aliphatic hydroxyl groups excluding tert-OH is 1. The summed E-state index contributed by atoms with van der Waals surface area (Å²) in [6.07, 6.45) is 1.93. The summed E-state index contributed by atoms with van der Waals surface area (Å²) in [6.45, 7) is 6.08. The number of aliphatic hydroxyl groups is 1. The van der Waals surface area contributed by atoms with E-state index in [9.17, 15) is 0 Å². The SMILES string of the molecule is CC[C@H](C)COCCCO. The van der Waals surface area contributed by atoms with Crippen molar-refractivity contribution in [3.05, 3.63) is 0 Å². The van der Waals surface area contributed by atoms with Crippen molar-refractivity contribution >= 4 is 0 Å². The lowest BCUT2D eigenvalue weighted by molar-refractivity contribution is 0.0902. The smallest absolute Gasteiger partial charge is 0.0491 e. The van der Waals surface area contributed by atoms with E-state index in [1.165, 1.54) is 6.42 Å². The van der Waals surface area contributed by atoms with Crippen LogP contribution < -0.4 is 0 Å². The summed E-state index contributed by atoms with van der Waals surface area (Å²) >= 11 is 0. The fraction of sp³-hybridized carbons (Fsp3) is 1.00. The summed E-state index contributed by atoms with van der Waals surface area (Å²) in [5.74, 6) is 0.652. The first kappa shape index (κ1) is 9.92. The standard InChI is InChI=1S/C8H18O2/c1-3-8(2)7-10-6-4-5-9/h8-9H,3-7H2,1-2H3/t8-/m0/s1. The molecule has 0 unspecified atom stereocenters. The molecule has 0 saturated carbocycles. The molecule has 0 radical (unpaired) electrons. The van der Waals surface area contributed by atoms with Gasteiger partial charge in [0.2, 0.25) is 0 Å². The third-order valence-corrected chi connectivity index (χ3v) is 1.55. The van der Waals surface area contributed by atoms with Gasteiger partial charge >= 0.3 is 0 Å². The Balaban J connectivity index is 2.89. The van der Waals surface area contributed by atoms with Gasteiger partial charge in [-0.05, 0) is 12.3 Å². The fourth-order valence-corrected chi connectivity index (χ4v) is 0.569. The molecule has 0 aromatic carbocycles. The minimum absolute atomic E-state index is 0.237. The molecule has 0 spiro atoms. The van der Waals surface area contributed by atoms with Crippen molar-refractivity contribution in [3.8, 4) is 0 Å². The van der Waals surface area contributed by atoms with Crippen molar-refractivity contribution in [2.24, 2.45) is 5.92 Å². The summed E-state index contributed by atoms with van der Waals surface area (Å²) in [7, 11) is 0. The Hall–Kier alpha value is -0.0800. The Morgan fingerprint density at radius 2 is 2.20 bits per heavy atom. The lowest BCUT2D eigenvalue weighted by Gasteiger charge is -2.07. The van der Waals surface area contributed by atoms with Gasteiger partial charge in [-0.2, -0.15) is 0 Å². The van der Waals surface area contributed by atoms with Crippen LogP contribution in [0.4, 0.5) is 0 Å². The lowest BCUT2D eigenvalue weighted by atomic mass is 10.1. The maximum Gasteiger partial charge on any atom is 0.0491 e. The van der Waals surface area contributed by atoms with Gasteiger partial charge in [-0.15, -0.1) is 0 Å². The van der Waals surface area contributed by atoms with E-state index in [1.807, 2.05) is 0 Å². The second-order valence-corrected chi connectivity index (χ2v) is 2.67. The zero-order valence-corrected chi connectivity index (χ0v) is 6.97. The molecule has 0 bridgehead atoms. The zero-order valence-electron chi connectivity index (χ0n) is 6.97. The third kappa shape index (κ3) is 6.05. The lowest BCUT2D eigenvalue weighted by Crippen LogP contribution is -2.06. The molecule has 0 aromatic rings. The Bertz CT molecular complexity index is 64.3. The second kappa shape index (κ2) is 7.03. The second-order valence-electron chi connectivity index (χ2n) is 2.67. The monoisotopic (exact) mass is 146 g/mol. The quantitative estimate of drug-likeness (QED) is 0.574. The number of rotatable bonds is 6. The zero-order chi connectivity index (χ0) is 7.82. The maximum atomic E-state index is 8.41. The molecule has 62 valence electrons. The Kier molecular flexibility index (Phi) is 6.98. The Morgan fingerprint density at radius 3 is 2.70 bits per heavy atom. The van der Waals surface area contributed by atoms with Gasteiger partial charge in [-0.1, -0.05) is 20.3 Å². The molecule has 0 amide bonds. The first-order chi connectivity index (χ1) is 4.81. The van der Waals surface area contributed by atoms with Gasteiger partial charge in [-0.3, -0.25) is 0 Å². The van der Waals surface area contributed by atoms with Crippen LogP contribution in [0.2, 0.25) is 0 Å². The molecule has 2 heteroatoms. The van der Waals surface area contributed by atoms with Crippen LogP contribution in [-0.4, -0.2) is 24.9 Å². The van der Waals surface area contributed by atoms with E-state index < -0.39 is 0 Å². The van der Waals surface area contributed by atoms with Crippen LogP contribution in [0.3, 0.4) is 0 Å². The largest absolute Gasteiger partial charge is 0.396 e. The minimum Gasteiger partial charge on any atom is -0.396 e. The van der Waals surface area contributed by atoms with E-state index in [1.54, 1.807) is 0 Å². The Labute approximate surface area is 63.2 Å². The van der Waals surface area contributed by atoms with Gasteiger partial charge in [0.15, 0.2) is 0 Å². The van der Waals surface area contributed by atoms with Crippen molar-refractivity contribution < 1.29 is 9.84 Å². The van der Waals surface area contributed by atoms with Crippen molar-refractivity contribution in [1.82, 2.24) is 0 Å². The van der Waals surface area contributed by atoms with Crippen molar-refractivity contribution in [3.63, 3.8) is 0 Å². The molecule has 0 heterocycles. The van der Waals surface area contributed by atoms with Crippen LogP contribution in [0, 0.1) is 5.92 Å². The number of hydrogen-bond acceptors (Lipinski definition) is 2. The average molecular weight is 146 g/mol. The molecular formula is C8H18O2. The van der Waals surface area contributed by atoms with Gasteiger partial charge in [0.25, 0.3) is 0 Å². The molecule has 0 saturated heterocycles. The first-order valence-corrected chi connectivity index (χ1v) is 3.99. The van der Waals surface area contributed by atoms with Crippen LogP contribution >= 0.6 is 0 Å². The average Bonchev–Trinajstić information content (AvgIpc) is 1.98. The van der Waals surface area contributed by atoms with E-state index in [-0.39, 0.29) is 6.61 Å². The highest BCUT2D eigenvalue weighted by Gasteiger charge is 1.96. The minimum atomic E-state index is 0.237. The molecule has 0 aromatic heterocycles. The van der Waals surface area contributed by atoms with E-state index >= 15 is 0 Å². The van der Waals surface area contributed by atoms with Crippen LogP contribution in [0.25, 0.3) is 0 Å². The number of hydrogen-bond donors (Lipinski definition) is 1. The van der Waals surface area contributed by atoms with Crippen LogP contribution in [0.1, 0.15) is 26.7 Å². The van der Waals surface area contributed by atoms with Gasteiger partial charge < -0.3 is 9.84 Å². The Morgan fingerprint density at radius 1 is 1.50 bits per heavy atom. The highest BCUT2D eigenvalue weighted by Crippen LogP contribution is 2.00. The van der Waals surface area contributed by atoms with Crippen molar-refractivity contribution in [2.75, 3.05) is 19.8 Å². The van der Waals surface area contributed by atoms with Crippen molar-refractivity contribution in [1.29, 1.82) is 0 Å². The fourth-order valence-electron chi connectivity index (χ4n) is 0.569. The summed E-state index contributed by atoms with van der Waals surface area (Å²) in [5.41, 5.74) is 0. The molecule has 0 aliphatic rings. The molecular weight excluding hydrogens is 128 g/mol. The summed E-state index contributed by atoms with van der Waals surface area (Å²) in [5, 5.41) is 8.41. The normalized spacial score (nSPS) is 13.5. The van der Waals surface area contributed by atoms with Gasteiger partial charge in [0.1, 0.15) is 0 Å². The van der Waals surface area contributed by atoms with E-state index in [2.05, 4.69) is 13.8 Å². The maximum absolute atomic E-state index is 8.41. The first-order valence-electron chi connectivity index (χ1n) is 3.99. The summed E-state index contributed by atoms with van der Waals surface area (Å²) in [6, 6.07) is 0. The molecule has 0 aliphatic carbocycles. The molecule has 0 rings (SSSR count). The predicted molar refractivity (Wildman–Crippen MR) is 42.0 cm³/mol. The molecule has 1 atom stereocenters. The molecule has 2 nitrogen and oxygen atoms in total. The van der Waals surface area contributed by atoms with Crippen molar-refractivity contribution in [2.45, 2.75) is 26.7 Å².